The van der Waals surface area contributed by atoms with E-state index in [0.717, 1.165) is 28.6 Å². The van der Waals surface area contributed by atoms with Crippen molar-refractivity contribution < 1.29 is 4.79 Å². The summed E-state index contributed by atoms with van der Waals surface area (Å²) in [6.45, 7) is 4.38. The molecule has 1 aliphatic carbocycles. The largest absolute Gasteiger partial charge is 0.358 e. The maximum atomic E-state index is 12.8. The van der Waals surface area contributed by atoms with E-state index in [1.54, 1.807) is 0 Å². The fourth-order valence-corrected chi connectivity index (χ4v) is 3.70. The molecule has 4 rings (SSSR count). The molecule has 23 heavy (non-hydrogen) atoms. The van der Waals surface area contributed by atoms with Gasteiger partial charge in [0.25, 0.3) is 0 Å². The second-order valence-corrected chi connectivity index (χ2v) is 6.88. The van der Waals surface area contributed by atoms with Gasteiger partial charge in [-0.15, -0.1) is 0 Å². The van der Waals surface area contributed by atoms with Gasteiger partial charge in [-0.2, -0.15) is 0 Å². The van der Waals surface area contributed by atoms with Crippen molar-refractivity contribution in [2.45, 2.75) is 38.5 Å². The molecule has 0 radical (unpaired) electrons. The molecule has 1 unspecified atom stereocenters. The van der Waals surface area contributed by atoms with Crippen LogP contribution in [-0.2, 0) is 6.42 Å². The standard InChI is InChI=1S/C21H21NO/c1-13(2)15-8-9-18-17(10-15)21-19(22-18)11-16(12-20(21)23)14-6-4-3-5-7-14/h3-10,13,16,22H,11-12H2,1-2H3. The van der Waals surface area contributed by atoms with Crippen LogP contribution in [0.1, 0.15) is 59.3 Å². The van der Waals surface area contributed by atoms with Crippen LogP contribution in [0.15, 0.2) is 48.5 Å². The minimum atomic E-state index is 0.271. The van der Waals surface area contributed by atoms with E-state index in [-0.39, 0.29) is 11.7 Å². The van der Waals surface area contributed by atoms with Crippen LogP contribution in [0.4, 0.5) is 0 Å². The van der Waals surface area contributed by atoms with Crippen molar-refractivity contribution >= 4 is 16.7 Å². The molecule has 1 heterocycles. The van der Waals surface area contributed by atoms with E-state index in [9.17, 15) is 4.79 Å². The van der Waals surface area contributed by atoms with Crippen LogP contribution in [0, 0.1) is 0 Å². The number of hydrogen-bond acceptors (Lipinski definition) is 1. The first-order valence-corrected chi connectivity index (χ1v) is 8.36. The van der Waals surface area contributed by atoms with E-state index in [0.29, 0.717) is 12.3 Å². The minimum Gasteiger partial charge on any atom is -0.358 e. The molecule has 0 spiro atoms. The Balaban J connectivity index is 1.80. The number of H-pyrrole nitrogens is 1. The lowest BCUT2D eigenvalue weighted by Crippen LogP contribution is -2.18. The second kappa shape index (κ2) is 5.38. The first-order valence-electron chi connectivity index (χ1n) is 8.36. The van der Waals surface area contributed by atoms with Gasteiger partial charge >= 0.3 is 0 Å². The highest BCUT2D eigenvalue weighted by atomic mass is 16.1. The monoisotopic (exact) mass is 303 g/mol. The lowest BCUT2D eigenvalue weighted by atomic mass is 9.81. The summed E-state index contributed by atoms with van der Waals surface area (Å²) in [5.74, 6) is 1.03. The molecule has 0 saturated heterocycles. The summed E-state index contributed by atoms with van der Waals surface area (Å²) in [7, 11) is 0. The number of aromatic nitrogens is 1. The number of hydrogen-bond donors (Lipinski definition) is 1. The Morgan fingerprint density at radius 1 is 1.04 bits per heavy atom. The molecule has 0 bridgehead atoms. The molecule has 0 saturated carbocycles. The van der Waals surface area contributed by atoms with Gasteiger partial charge in [-0.25, -0.2) is 0 Å². The molecule has 2 heteroatoms. The van der Waals surface area contributed by atoms with Crippen molar-refractivity contribution in [3.8, 4) is 0 Å². The molecule has 1 aliphatic rings. The molecule has 0 amide bonds. The van der Waals surface area contributed by atoms with Crippen molar-refractivity contribution in [1.29, 1.82) is 0 Å². The minimum absolute atomic E-state index is 0.271. The lowest BCUT2D eigenvalue weighted by Gasteiger charge is -2.21. The van der Waals surface area contributed by atoms with Crippen LogP contribution in [0.5, 0.6) is 0 Å². The zero-order valence-corrected chi connectivity index (χ0v) is 13.6. The summed E-state index contributed by atoms with van der Waals surface area (Å²) in [5.41, 5.74) is 5.66. The average molecular weight is 303 g/mol. The molecular weight excluding hydrogens is 282 g/mol. The van der Waals surface area contributed by atoms with Crippen LogP contribution in [0.2, 0.25) is 0 Å². The molecule has 2 nitrogen and oxygen atoms in total. The molecular formula is C21H21NO. The molecule has 116 valence electrons. The molecule has 1 aromatic heterocycles. The summed E-state index contributed by atoms with van der Waals surface area (Å²) in [6.07, 6.45) is 1.52. The summed E-state index contributed by atoms with van der Waals surface area (Å²) in [6, 6.07) is 16.9. The molecule has 3 aromatic rings. The zero-order chi connectivity index (χ0) is 16.0. The smallest absolute Gasteiger partial charge is 0.165 e. The topological polar surface area (TPSA) is 32.9 Å². The fourth-order valence-electron chi connectivity index (χ4n) is 3.70. The molecule has 1 N–H and O–H groups in total. The van der Waals surface area contributed by atoms with E-state index < -0.39 is 0 Å². The van der Waals surface area contributed by atoms with E-state index in [2.05, 4.69) is 61.3 Å². The molecule has 0 aliphatic heterocycles. The number of carbonyl (C=O) groups excluding carboxylic acids is 1. The van der Waals surface area contributed by atoms with Gasteiger partial charge in [0, 0.05) is 28.6 Å². The molecule has 1 atom stereocenters. The normalized spacial score (nSPS) is 17.7. The molecule has 0 fully saturated rings. The van der Waals surface area contributed by atoms with E-state index >= 15 is 0 Å². The quantitative estimate of drug-likeness (QED) is 0.693. The predicted octanol–water partition coefficient (Wildman–Crippen LogP) is 5.20. The number of fused-ring (bicyclic) bond motifs is 3. The highest BCUT2D eigenvalue weighted by molar-refractivity contribution is 6.10. The van der Waals surface area contributed by atoms with Crippen molar-refractivity contribution in [2.24, 2.45) is 0 Å². The Morgan fingerprint density at radius 2 is 1.83 bits per heavy atom. The Bertz CT molecular complexity index is 873. The number of benzene rings is 2. The summed E-state index contributed by atoms with van der Waals surface area (Å²) >= 11 is 0. The number of carbonyl (C=O) groups is 1. The third kappa shape index (κ3) is 2.39. The van der Waals surface area contributed by atoms with Gasteiger partial charge in [0.2, 0.25) is 0 Å². The van der Waals surface area contributed by atoms with Gasteiger partial charge in [-0.1, -0.05) is 50.2 Å². The Labute approximate surface area is 136 Å². The number of nitrogens with one attached hydrogen (secondary N) is 1. The number of aromatic amines is 1. The SMILES string of the molecule is CC(C)c1ccc2[nH]c3c(c2c1)C(=O)CC(c1ccccc1)C3. The highest BCUT2D eigenvalue weighted by Crippen LogP contribution is 2.37. The van der Waals surface area contributed by atoms with Crippen LogP contribution in [-0.4, -0.2) is 10.8 Å². The van der Waals surface area contributed by atoms with Crippen molar-refractivity contribution in [1.82, 2.24) is 4.98 Å². The first kappa shape index (κ1) is 14.3. The van der Waals surface area contributed by atoms with E-state index in [4.69, 9.17) is 0 Å². The van der Waals surface area contributed by atoms with Gasteiger partial charge in [0.1, 0.15) is 0 Å². The predicted molar refractivity (Wildman–Crippen MR) is 94.2 cm³/mol. The van der Waals surface area contributed by atoms with Gasteiger partial charge in [0.05, 0.1) is 0 Å². The Kier molecular flexibility index (Phi) is 3.33. The summed E-state index contributed by atoms with van der Waals surface area (Å²) in [4.78, 5) is 16.3. The number of rotatable bonds is 2. The summed E-state index contributed by atoms with van der Waals surface area (Å²) < 4.78 is 0. The lowest BCUT2D eigenvalue weighted by molar-refractivity contribution is 0.0965. The zero-order valence-electron chi connectivity index (χ0n) is 13.6. The maximum Gasteiger partial charge on any atom is 0.165 e. The van der Waals surface area contributed by atoms with Gasteiger partial charge in [-0.05, 0) is 41.5 Å². The van der Waals surface area contributed by atoms with E-state index in [1.165, 1.54) is 11.1 Å². The van der Waals surface area contributed by atoms with Gasteiger partial charge < -0.3 is 4.98 Å². The van der Waals surface area contributed by atoms with Crippen molar-refractivity contribution in [2.75, 3.05) is 0 Å². The van der Waals surface area contributed by atoms with Crippen LogP contribution in [0.3, 0.4) is 0 Å². The summed E-state index contributed by atoms with van der Waals surface area (Å²) in [5, 5.41) is 1.10. The number of ketones is 1. The first-order chi connectivity index (χ1) is 11.1. The van der Waals surface area contributed by atoms with E-state index in [1.807, 2.05) is 6.07 Å². The Hall–Kier alpha value is -2.35. The third-order valence-electron chi connectivity index (χ3n) is 5.00. The fraction of sp³-hybridized carbons (Fsp3) is 0.286. The van der Waals surface area contributed by atoms with Gasteiger partial charge in [-0.3, -0.25) is 4.79 Å². The van der Waals surface area contributed by atoms with Crippen molar-refractivity contribution in [3.05, 3.63) is 70.9 Å². The van der Waals surface area contributed by atoms with Crippen LogP contribution >= 0.6 is 0 Å². The number of Topliss-reactive ketones (excluding diaryl/α,β-unsaturated/α-hetero) is 1. The average Bonchev–Trinajstić information content (AvgIpc) is 2.93. The third-order valence-corrected chi connectivity index (χ3v) is 5.00. The molecule has 2 aromatic carbocycles. The second-order valence-electron chi connectivity index (χ2n) is 6.88. The maximum absolute atomic E-state index is 12.8. The van der Waals surface area contributed by atoms with Crippen molar-refractivity contribution in [3.63, 3.8) is 0 Å². The van der Waals surface area contributed by atoms with Gasteiger partial charge in [0.15, 0.2) is 5.78 Å². The highest BCUT2D eigenvalue weighted by Gasteiger charge is 2.29. The van der Waals surface area contributed by atoms with Crippen LogP contribution < -0.4 is 0 Å². The Morgan fingerprint density at radius 3 is 2.57 bits per heavy atom. The van der Waals surface area contributed by atoms with Crippen LogP contribution in [0.25, 0.3) is 10.9 Å².